The van der Waals surface area contributed by atoms with E-state index in [1.807, 2.05) is 0 Å². The van der Waals surface area contributed by atoms with E-state index < -0.39 is 40.1 Å². The predicted octanol–water partition coefficient (Wildman–Crippen LogP) is 1.22. The van der Waals surface area contributed by atoms with Gasteiger partial charge in [-0.15, -0.1) is 0 Å². The molecule has 9 heteroatoms. The number of phenols is 1. The Morgan fingerprint density at radius 3 is 2.65 bits per heavy atom. The van der Waals surface area contributed by atoms with Gasteiger partial charge in [-0.2, -0.15) is 4.39 Å². The molecule has 7 nitrogen and oxygen atoms in total. The maximum atomic E-state index is 13.3. The monoisotopic (exact) mass is 286 g/mol. The molecule has 2 aromatic rings. The van der Waals surface area contributed by atoms with E-state index in [-0.39, 0.29) is 5.52 Å². The van der Waals surface area contributed by atoms with Gasteiger partial charge in [0.1, 0.15) is 5.52 Å². The average molecular weight is 286 g/mol. The van der Waals surface area contributed by atoms with Crippen molar-refractivity contribution >= 4 is 17.1 Å². The number of carboxylic acid groups (broad SMARTS) is 1. The van der Waals surface area contributed by atoms with Crippen LogP contribution in [-0.2, 0) is 0 Å². The molecule has 0 aliphatic rings. The molecule has 0 aliphatic heterocycles. The Labute approximate surface area is 109 Å². The number of rotatable bonds is 2. The fraction of sp³-hybridized carbons (Fsp3) is 0.0909. The minimum Gasteiger partial charge on any atom is -0.503 e. The number of phenolic OH excluding ortho intramolecular Hbond substituents is 1. The lowest BCUT2D eigenvalue weighted by atomic mass is 10.1. The van der Waals surface area contributed by atoms with Crippen LogP contribution in [0.5, 0.6) is 11.5 Å². The van der Waals surface area contributed by atoms with Crippen LogP contribution in [0.25, 0.3) is 10.9 Å². The first kappa shape index (κ1) is 13.6. The number of nitrogens with one attached hydrogen (secondary N) is 1. The van der Waals surface area contributed by atoms with Crippen molar-refractivity contribution in [3.05, 3.63) is 34.1 Å². The second-order valence-electron chi connectivity index (χ2n) is 3.70. The first-order valence-electron chi connectivity index (χ1n) is 5.21. The molecule has 20 heavy (non-hydrogen) atoms. The quantitative estimate of drug-likeness (QED) is 0.717. The van der Waals surface area contributed by atoms with Crippen LogP contribution < -0.4 is 15.6 Å². The first-order valence-corrected chi connectivity index (χ1v) is 5.21. The Balaban J connectivity index is 2.93. The normalized spacial score (nSPS) is 10.6. The second-order valence-corrected chi connectivity index (χ2v) is 3.70. The molecular formula is C11H8F2N2O5. The fourth-order valence-electron chi connectivity index (χ4n) is 1.74. The number of hydrogen-bond acceptors (Lipinski definition) is 5. The Bertz CT molecular complexity index is 772. The van der Waals surface area contributed by atoms with Crippen LogP contribution in [0.2, 0.25) is 0 Å². The Kier molecular flexibility index (Phi) is 3.18. The van der Waals surface area contributed by atoms with Gasteiger partial charge in [-0.3, -0.25) is 9.47 Å². The molecule has 0 spiro atoms. The molecule has 1 aromatic carbocycles. The number of benzene rings is 1. The molecule has 0 bridgehead atoms. The zero-order valence-electron chi connectivity index (χ0n) is 9.98. The standard InChI is InChI=1S/C11H8F2N2O5/c1-14-15-3-6(20-11(18)19)9(16)4-2-5(12)7(13)10(17)8(4)15/h2-3,14,17H,1H3,(H,18,19). The van der Waals surface area contributed by atoms with Crippen molar-refractivity contribution in [3.8, 4) is 11.5 Å². The van der Waals surface area contributed by atoms with Gasteiger partial charge in [0.2, 0.25) is 17.0 Å². The number of aromatic hydroxyl groups is 1. The van der Waals surface area contributed by atoms with Crippen molar-refractivity contribution in [2.24, 2.45) is 0 Å². The molecule has 1 heterocycles. The van der Waals surface area contributed by atoms with Crippen LogP contribution in [0, 0.1) is 11.6 Å². The predicted molar refractivity (Wildman–Crippen MR) is 63.7 cm³/mol. The minimum atomic E-state index is -1.74. The van der Waals surface area contributed by atoms with Crippen LogP contribution in [-0.4, -0.2) is 28.1 Å². The van der Waals surface area contributed by atoms with Crippen molar-refractivity contribution in [2.75, 3.05) is 12.5 Å². The van der Waals surface area contributed by atoms with Crippen molar-refractivity contribution in [1.82, 2.24) is 4.68 Å². The van der Waals surface area contributed by atoms with E-state index in [0.717, 1.165) is 10.9 Å². The molecule has 106 valence electrons. The van der Waals surface area contributed by atoms with E-state index in [9.17, 15) is 23.5 Å². The van der Waals surface area contributed by atoms with Crippen LogP contribution in [0.4, 0.5) is 13.6 Å². The fourth-order valence-corrected chi connectivity index (χ4v) is 1.74. The zero-order chi connectivity index (χ0) is 15.0. The summed E-state index contributed by atoms with van der Waals surface area (Å²) in [7, 11) is 1.36. The van der Waals surface area contributed by atoms with E-state index in [4.69, 9.17) is 5.11 Å². The Morgan fingerprint density at radius 2 is 2.10 bits per heavy atom. The van der Waals surface area contributed by atoms with E-state index in [0.29, 0.717) is 6.07 Å². The summed E-state index contributed by atoms with van der Waals surface area (Å²) in [6.45, 7) is 0. The molecule has 0 unspecified atom stereocenters. The van der Waals surface area contributed by atoms with Crippen molar-refractivity contribution in [2.45, 2.75) is 0 Å². The smallest absolute Gasteiger partial charge is 0.503 e. The molecule has 0 atom stereocenters. The van der Waals surface area contributed by atoms with Gasteiger partial charge in [-0.05, 0) is 6.07 Å². The average Bonchev–Trinajstić information content (AvgIpc) is 2.39. The SMILES string of the molecule is CNn1cc(OC(=O)O)c(=O)c2cc(F)c(F)c(O)c21. The van der Waals surface area contributed by atoms with E-state index in [1.165, 1.54) is 7.05 Å². The number of carbonyl (C=O) groups is 1. The van der Waals surface area contributed by atoms with E-state index >= 15 is 0 Å². The van der Waals surface area contributed by atoms with Gasteiger partial charge in [0, 0.05) is 7.05 Å². The molecule has 0 saturated heterocycles. The Hall–Kier alpha value is -2.84. The summed E-state index contributed by atoms with van der Waals surface area (Å²) in [6, 6.07) is 0.551. The lowest BCUT2D eigenvalue weighted by Crippen LogP contribution is -2.20. The number of aromatic nitrogens is 1. The summed E-state index contributed by atoms with van der Waals surface area (Å²) in [5.74, 6) is -4.66. The maximum Gasteiger partial charge on any atom is 0.511 e. The molecule has 0 fully saturated rings. The number of ether oxygens (including phenoxy) is 1. The highest BCUT2D eigenvalue weighted by atomic mass is 19.2. The maximum absolute atomic E-state index is 13.3. The van der Waals surface area contributed by atoms with Gasteiger partial charge in [0.05, 0.1) is 11.6 Å². The number of hydrogen-bond donors (Lipinski definition) is 3. The number of nitrogens with zero attached hydrogens (tertiary/aromatic N) is 1. The van der Waals surface area contributed by atoms with Gasteiger partial charge in [0.25, 0.3) is 0 Å². The van der Waals surface area contributed by atoms with Gasteiger partial charge < -0.3 is 20.4 Å². The van der Waals surface area contributed by atoms with Crippen LogP contribution in [0.1, 0.15) is 0 Å². The van der Waals surface area contributed by atoms with Crippen molar-refractivity contribution < 1.29 is 28.5 Å². The van der Waals surface area contributed by atoms with Crippen molar-refractivity contribution in [1.29, 1.82) is 0 Å². The van der Waals surface area contributed by atoms with Crippen LogP contribution >= 0.6 is 0 Å². The summed E-state index contributed by atoms with van der Waals surface area (Å²) in [4.78, 5) is 22.4. The molecule has 0 aliphatic carbocycles. The summed E-state index contributed by atoms with van der Waals surface area (Å²) in [6.07, 6.45) is -0.841. The lowest BCUT2D eigenvalue weighted by Gasteiger charge is -2.13. The summed E-state index contributed by atoms with van der Waals surface area (Å²) < 4.78 is 31.8. The molecule has 1 aromatic heterocycles. The number of fused-ring (bicyclic) bond motifs is 1. The molecule has 0 amide bonds. The highest BCUT2D eigenvalue weighted by molar-refractivity contribution is 5.86. The van der Waals surface area contributed by atoms with E-state index in [2.05, 4.69) is 10.2 Å². The molecule has 2 rings (SSSR count). The third kappa shape index (κ3) is 1.98. The second kappa shape index (κ2) is 4.68. The number of halogens is 2. The topological polar surface area (TPSA) is 101 Å². The summed E-state index contributed by atoms with van der Waals surface area (Å²) in [5, 5.41) is 17.6. The van der Waals surface area contributed by atoms with Gasteiger partial charge in [0.15, 0.2) is 11.6 Å². The third-order valence-corrected chi connectivity index (χ3v) is 2.56. The lowest BCUT2D eigenvalue weighted by molar-refractivity contribution is 0.144. The van der Waals surface area contributed by atoms with Gasteiger partial charge >= 0.3 is 6.16 Å². The number of pyridine rings is 1. The van der Waals surface area contributed by atoms with Gasteiger partial charge in [-0.1, -0.05) is 0 Å². The largest absolute Gasteiger partial charge is 0.511 e. The first-order chi connectivity index (χ1) is 9.36. The van der Waals surface area contributed by atoms with Crippen LogP contribution in [0.15, 0.2) is 17.1 Å². The summed E-state index contributed by atoms with van der Waals surface area (Å²) >= 11 is 0. The molecule has 3 N–H and O–H groups in total. The Morgan fingerprint density at radius 1 is 1.45 bits per heavy atom. The van der Waals surface area contributed by atoms with Crippen molar-refractivity contribution in [3.63, 3.8) is 0 Å². The molecule has 0 radical (unpaired) electrons. The molecule has 0 saturated carbocycles. The summed E-state index contributed by atoms with van der Waals surface area (Å²) in [5.41, 5.74) is 1.12. The van der Waals surface area contributed by atoms with E-state index in [1.54, 1.807) is 0 Å². The zero-order valence-corrected chi connectivity index (χ0v) is 9.98. The van der Waals surface area contributed by atoms with Crippen LogP contribution in [0.3, 0.4) is 0 Å². The highest BCUT2D eigenvalue weighted by Gasteiger charge is 2.20. The van der Waals surface area contributed by atoms with Gasteiger partial charge in [-0.25, -0.2) is 9.18 Å². The third-order valence-electron chi connectivity index (χ3n) is 2.56. The highest BCUT2D eigenvalue weighted by Crippen LogP contribution is 2.29. The minimum absolute atomic E-state index is 0.339. The molecular weight excluding hydrogens is 278 g/mol.